The molecule has 2 aromatic rings. The van der Waals surface area contributed by atoms with Gasteiger partial charge >= 0.3 is 0 Å². The lowest BCUT2D eigenvalue weighted by atomic mass is 9.89. The highest BCUT2D eigenvalue weighted by Gasteiger charge is 2.46. The van der Waals surface area contributed by atoms with Crippen LogP contribution in [0.25, 0.3) is 0 Å². The summed E-state index contributed by atoms with van der Waals surface area (Å²) in [6, 6.07) is 10.7. The van der Waals surface area contributed by atoms with Gasteiger partial charge < -0.3 is 15.5 Å². The highest BCUT2D eigenvalue weighted by Crippen LogP contribution is 2.43. The van der Waals surface area contributed by atoms with Crippen molar-refractivity contribution in [1.82, 2.24) is 20.2 Å². The van der Waals surface area contributed by atoms with E-state index in [1.165, 1.54) is 5.56 Å². The quantitative estimate of drug-likeness (QED) is 0.844. The van der Waals surface area contributed by atoms with Gasteiger partial charge in [-0.1, -0.05) is 30.3 Å². The Morgan fingerprint density at radius 1 is 1.19 bits per heavy atom. The van der Waals surface area contributed by atoms with E-state index >= 15 is 0 Å². The highest BCUT2D eigenvalue weighted by atomic mass is 35.5. The first kappa shape index (κ1) is 19.6. The maximum absolute atomic E-state index is 13.2. The fourth-order valence-electron chi connectivity index (χ4n) is 4.14. The molecule has 144 valence electrons. The van der Waals surface area contributed by atoms with Crippen LogP contribution in [0.5, 0.6) is 0 Å². The summed E-state index contributed by atoms with van der Waals surface area (Å²) in [4.78, 5) is 23.8. The molecule has 27 heavy (non-hydrogen) atoms. The number of hydrogen-bond acceptors (Lipinski definition) is 5. The third-order valence-corrected chi connectivity index (χ3v) is 5.28. The standard InChI is InChI=1S/C20H25N5O.ClH/c1-13(2)24-20-22-9-15(10-23-20)19(26)25-12-16-8-21-11-17(16)18(25)14-6-4-3-5-7-14;/h3-7,9-10,13,16-18,21H,8,11-12H2,1-2H3,(H,22,23,24);1H/t16-,17-,18+;/m0./s1. The number of benzene rings is 1. The Bertz CT molecular complexity index is 768. The number of likely N-dealkylation sites (tertiary alicyclic amines) is 1. The molecule has 3 heterocycles. The zero-order valence-electron chi connectivity index (χ0n) is 15.6. The molecule has 0 unspecified atom stereocenters. The molecule has 4 rings (SSSR count). The minimum absolute atomic E-state index is 0. The number of halogens is 1. The Morgan fingerprint density at radius 2 is 1.89 bits per heavy atom. The molecule has 2 fully saturated rings. The lowest BCUT2D eigenvalue weighted by Gasteiger charge is -2.28. The van der Waals surface area contributed by atoms with Crippen molar-refractivity contribution < 1.29 is 4.79 Å². The van der Waals surface area contributed by atoms with Gasteiger partial charge in [0.2, 0.25) is 5.95 Å². The molecule has 3 atom stereocenters. The van der Waals surface area contributed by atoms with Crippen molar-refractivity contribution in [3.05, 3.63) is 53.9 Å². The summed E-state index contributed by atoms with van der Waals surface area (Å²) in [5.74, 6) is 1.54. The van der Waals surface area contributed by atoms with Crippen molar-refractivity contribution in [3.8, 4) is 0 Å². The number of carbonyl (C=O) groups is 1. The maximum atomic E-state index is 13.2. The van der Waals surface area contributed by atoms with Crippen LogP contribution >= 0.6 is 12.4 Å². The van der Waals surface area contributed by atoms with Crippen LogP contribution in [0, 0.1) is 11.8 Å². The number of nitrogens with zero attached hydrogens (tertiary/aromatic N) is 3. The number of rotatable bonds is 4. The van der Waals surface area contributed by atoms with Crippen LogP contribution in [0.15, 0.2) is 42.7 Å². The van der Waals surface area contributed by atoms with E-state index in [0.29, 0.717) is 23.3 Å². The molecule has 0 bridgehead atoms. The van der Waals surface area contributed by atoms with E-state index in [1.54, 1.807) is 12.4 Å². The molecule has 2 aliphatic rings. The Hall–Kier alpha value is -2.18. The molecule has 0 spiro atoms. The zero-order chi connectivity index (χ0) is 18.1. The molecule has 2 N–H and O–H groups in total. The van der Waals surface area contributed by atoms with Crippen LogP contribution in [0.3, 0.4) is 0 Å². The summed E-state index contributed by atoms with van der Waals surface area (Å²) in [6.07, 6.45) is 3.27. The Morgan fingerprint density at radius 3 is 2.56 bits per heavy atom. The van der Waals surface area contributed by atoms with Crippen molar-refractivity contribution in [2.24, 2.45) is 11.8 Å². The number of amides is 1. The SMILES string of the molecule is CC(C)Nc1ncc(C(=O)N2C[C@@H]3CNC[C@@H]3[C@H]2c2ccccc2)cn1.Cl. The highest BCUT2D eigenvalue weighted by molar-refractivity contribution is 5.94. The molecule has 0 saturated carbocycles. The molecular weight excluding hydrogens is 362 g/mol. The zero-order valence-corrected chi connectivity index (χ0v) is 16.4. The molecule has 2 aliphatic heterocycles. The van der Waals surface area contributed by atoms with Crippen LogP contribution in [0.2, 0.25) is 0 Å². The maximum Gasteiger partial charge on any atom is 0.257 e. The minimum Gasteiger partial charge on any atom is -0.352 e. The predicted octanol–water partition coefficient (Wildman–Crippen LogP) is 2.75. The van der Waals surface area contributed by atoms with Crippen molar-refractivity contribution in [3.63, 3.8) is 0 Å². The van der Waals surface area contributed by atoms with Crippen LogP contribution < -0.4 is 10.6 Å². The smallest absolute Gasteiger partial charge is 0.257 e. The number of aromatic nitrogens is 2. The lowest BCUT2D eigenvalue weighted by Crippen LogP contribution is -2.34. The number of hydrogen-bond donors (Lipinski definition) is 2. The Balaban J connectivity index is 0.00000210. The predicted molar refractivity (Wildman–Crippen MR) is 108 cm³/mol. The molecule has 1 aromatic heterocycles. The van der Waals surface area contributed by atoms with Gasteiger partial charge in [-0.05, 0) is 25.3 Å². The van der Waals surface area contributed by atoms with E-state index in [2.05, 4.69) is 32.7 Å². The van der Waals surface area contributed by atoms with Crippen LogP contribution in [-0.2, 0) is 0 Å². The van der Waals surface area contributed by atoms with Gasteiger partial charge in [0.25, 0.3) is 5.91 Å². The molecule has 6 nitrogen and oxygen atoms in total. The van der Waals surface area contributed by atoms with Crippen LogP contribution in [0.1, 0.15) is 35.8 Å². The summed E-state index contributed by atoms with van der Waals surface area (Å²) in [5.41, 5.74) is 1.75. The van der Waals surface area contributed by atoms with Crippen molar-refractivity contribution >= 4 is 24.3 Å². The first-order valence-electron chi connectivity index (χ1n) is 9.28. The van der Waals surface area contributed by atoms with Gasteiger partial charge in [0.1, 0.15) is 0 Å². The van der Waals surface area contributed by atoms with Gasteiger partial charge in [0.15, 0.2) is 0 Å². The molecule has 0 aliphatic carbocycles. The first-order valence-corrected chi connectivity index (χ1v) is 9.28. The van der Waals surface area contributed by atoms with Crippen molar-refractivity contribution in [1.29, 1.82) is 0 Å². The van der Waals surface area contributed by atoms with Gasteiger partial charge in [-0.3, -0.25) is 4.79 Å². The van der Waals surface area contributed by atoms with E-state index in [4.69, 9.17) is 0 Å². The molecule has 1 aromatic carbocycles. The molecule has 0 radical (unpaired) electrons. The second-order valence-electron chi connectivity index (χ2n) is 7.49. The van der Waals surface area contributed by atoms with Gasteiger partial charge in [-0.2, -0.15) is 0 Å². The van der Waals surface area contributed by atoms with Gasteiger partial charge in [-0.25, -0.2) is 9.97 Å². The number of anilines is 1. The minimum atomic E-state index is 0. The summed E-state index contributed by atoms with van der Waals surface area (Å²) in [5, 5.41) is 6.63. The largest absolute Gasteiger partial charge is 0.352 e. The third-order valence-electron chi connectivity index (χ3n) is 5.28. The fourth-order valence-corrected chi connectivity index (χ4v) is 4.14. The second kappa shape index (κ2) is 8.23. The molecule has 7 heteroatoms. The first-order chi connectivity index (χ1) is 12.6. The Labute approximate surface area is 166 Å². The second-order valence-corrected chi connectivity index (χ2v) is 7.49. The molecular formula is C20H26ClN5O. The average Bonchev–Trinajstić information content (AvgIpc) is 3.23. The van der Waals surface area contributed by atoms with E-state index in [9.17, 15) is 4.79 Å². The number of carbonyl (C=O) groups excluding carboxylic acids is 1. The topological polar surface area (TPSA) is 70.2 Å². The van der Waals surface area contributed by atoms with E-state index in [-0.39, 0.29) is 30.4 Å². The monoisotopic (exact) mass is 387 g/mol. The van der Waals surface area contributed by atoms with Crippen molar-refractivity contribution in [2.75, 3.05) is 25.0 Å². The normalized spacial score (nSPS) is 23.8. The number of fused-ring (bicyclic) bond motifs is 1. The Kier molecular flexibility index (Phi) is 5.97. The van der Waals surface area contributed by atoms with Crippen molar-refractivity contribution in [2.45, 2.75) is 25.9 Å². The van der Waals surface area contributed by atoms with Gasteiger partial charge in [0, 0.05) is 44.0 Å². The third kappa shape index (κ3) is 3.92. The van der Waals surface area contributed by atoms with Crippen LogP contribution in [0.4, 0.5) is 5.95 Å². The van der Waals surface area contributed by atoms with Gasteiger partial charge in [-0.15, -0.1) is 12.4 Å². The summed E-state index contributed by atoms with van der Waals surface area (Å²) in [6.45, 7) is 6.78. The lowest BCUT2D eigenvalue weighted by molar-refractivity contribution is 0.0713. The summed E-state index contributed by atoms with van der Waals surface area (Å²) >= 11 is 0. The van der Waals surface area contributed by atoms with E-state index < -0.39 is 0 Å². The number of nitrogens with one attached hydrogen (secondary N) is 2. The van der Waals surface area contributed by atoms with Crippen LogP contribution in [-0.4, -0.2) is 46.5 Å². The average molecular weight is 388 g/mol. The molecule has 1 amide bonds. The summed E-state index contributed by atoms with van der Waals surface area (Å²) in [7, 11) is 0. The summed E-state index contributed by atoms with van der Waals surface area (Å²) < 4.78 is 0. The molecule has 2 saturated heterocycles. The van der Waals surface area contributed by atoms with Gasteiger partial charge in [0.05, 0.1) is 11.6 Å². The fraction of sp³-hybridized carbons (Fsp3) is 0.450. The van der Waals surface area contributed by atoms with E-state index in [0.717, 1.165) is 19.6 Å². The van der Waals surface area contributed by atoms with E-state index in [1.807, 2.05) is 36.9 Å².